The van der Waals surface area contributed by atoms with Gasteiger partial charge in [-0.2, -0.15) is 5.10 Å². The molecule has 0 aliphatic carbocycles. The van der Waals surface area contributed by atoms with Crippen LogP contribution >= 0.6 is 0 Å². The van der Waals surface area contributed by atoms with Gasteiger partial charge in [0, 0.05) is 12.7 Å². The topological polar surface area (TPSA) is 76.0 Å². The van der Waals surface area contributed by atoms with Crippen molar-refractivity contribution in [2.24, 2.45) is 7.05 Å². The first-order valence-electron chi connectivity index (χ1n) is 6.62. The van der Waals surface area contributed by atoms with Crippen LogP contribution < -0.4 is 10.9 Å². The minimum atomic E-state index is -0.362. The Labute approximate surface area is 123 Å². The molecule has 0 spiro atoms. The molecule has 0 saturated carbocycles. The van der Waals surface area contributed by atoms with Gasteiger partial charge in [-0.05, 0) is 19.4 Å². The summed E-state index contributed by atoms with van der Waals surface area (Å²) < 4.78 is 1.63. The zero-order chi connectivity index (χ0) is 15.4. The van der Waals surface area contributed by atoms with E-state index in [4.69, 9.17) is 0 Å². The Hall–Kier alpha value is -2.63. The van der Waals surface area contributed by atoms with Crippen molar-refractivity contribution in [2.45, 2.75) is 20.3 Å². The summed E-state index contributed by atoms with van der Waals surface area (Å²) in [4.78, 5) is 23.9. The van der Waals surface area contributed by atoms with Crippen LogP contribution in [0.3, 0.4) is 0 Å². The van der Waals surface area contributed by atoms with Crippen LogP contribution in [0.5, 0.6) is 0 Å². The highest BCUT2D eigenvalue weighted by atomic mass is 16.2. The van der Waals surface area contributed by atoms with E-state index in [1.807, 2.05) is 30.3 Å². The van der Waals surface area contributed by atoms with Crippen molar-refractivity contribution in [3.8, 4) is 0 Å². The van der Waals surface area contributed by atoms with Crippen molar-refractivity contribution in [1.29, 1.82) is 0 Å². The number of hydrazine groups is 1. The Bertz CT molecular complexity index is 662. The Morgan fingerprint density at radius 3 is 2.38 bits per heavy atom. The van der Waals surface area contributed by atoms with E-state index in [0.717, 1.165) is 11.3 Å². The molecular weight excluding hydrogens is 268 g/mol. The number of aryl methyl sites for hydroxylation is 2. The van der Waals surface area contributed by atoms with Crippen LogP contribution in [0.2, 0.25) is 0 Å². The summed E-state index contributed by atoms with van der Waals surface area (Å²) in [5.74, 6) is -0.631. The molecular formula is C15H18N4O2. The van der Waals surface area contributed by atoms with Crippen LogP contribution in [0.25, 0.3) is 0 Å². The van der Waals surface area contributed by atoms with Gasteiger partial charge in [0.1, 0.15) is 0 Å². The van der Waals surface area contributed by atoms with Gasteiger partial charge in [-0.3, -0.25) is 25.1 Å². The van der Waals surface area contributed by atoms with Gasteiger partial charge >= 0.3 is 0 Å². The minimum absolute atomic E-state index is 0.214. The third kappa shape index (κ3) is 3.47. The van der Waals surface area contributed by atoms with Gasteiger partial charge in [-0.15, -0.1) is 0 Å². The SMILES string of the molecule is Cc1nn(C)c(C)c1C(=O)NNC(=O)Cc1ccccc1. The lowest BCUT2D eigenvalue weighted by Gasteiger charge is -2.07. The van der Waals surface area contributed by atoms with Crippen LogP contribution in [0, 0.1) is 13.8 Å². The van der Waals surface area contributed by atoms with Crippen LogP contribution in [0.4, 0.5) is 0 Å². The number of benzene rings is 1. The molecule has 2 rings (SSSR count). The van der Waals surface area contributed by atoms with Crippen LogP contribution in [0.15, 0.2) is 30.3 Å². The summed E-state index contributed by atoms with van der Waals surface area (Å²) in [6.07, 6.45) is 0.214. The maximum Gasteiger partial charge on any atom is 0.273 e. The van der Waals surface area contributed by atoms with Crippen molar-refractivity contribution >= 4 is 11.8 Å². The predicted molar refractivity (Wildman–Crippen MR) is 78.4 cm³/mol. The number of amides is 2. The summed E-state index contributed by atoms with van der Waals surface area (Å²) in [6.45, 7) is 3.56. The largest absolute Gasteiger partial charge is 0.273 e. The molecule has 0 saturated heterocycles. The molecule has 0 fully saturated rings. The first-order chi connectivity index (χ1) is 9.99. The third-order valence-corrected chi connectivity index (χ3v) is 3.26. The quantitative estimate of drug-likeness (QED) is 0.828. The van der Waals surface area contributed by atoms with Crippen LogP contribution in [-0.2, 0) is 18.3 Å². The smallest absolute Gasteiger partial charge is 0.273 e. The molecule has 0 atom stereocenters. The molecule has 2 amide bonds. The van der Waals surface area contributed by atoms with E-state index < -0.39 is 0 Å². The zero-order valence-corrected chi connectivity index (χ0v) is 12.3. The van der Waals surface area contributed by atoms with E-state index in [9.17, 15) is 9.59 Å². The number of nitrogens with zero attached hydrogens (tertiary/aromatic N) is 2. The molecule has 1 aromatic carbocycles. The molecule has 2 aromatic rings. The molecule has 0 unspecified atom stereocenters. The fraction of sp³-hybridized carbons (Fsp3) is 0.267. The Morgan fingerprint density at radius 2 is 1.81 bits per heavy atom. The number of aromatic nitrogens is 2. The lowest BCUT2D eigenvalue weighted by molar-refractivity contribution is -0.121. The van der Waals surface area contributed by atoms with Gasteiger partial charge in [-0.1, -0.05) is 30.3 Å². The van der Waals surface area contributed by atoms with Crippen molar-refractivity contribution in [3.05, 3.63) is 52.8 Å². The fourth-order valence-electron chi connectivity index (χ4n) is 2.12. The highest BCUT2D eigenvalue weighted by molar-refractivity contribution is 5.97. The molecule has 0 radical (unpaired) electrons. The number of rotatable bonds is 3. The highest BCUT2D eigenvalue weighted by Crippen LogP contribution is 2.10. The normalized spacial score (nSPS) is 10.2. The van der Waals surface area contributed by atoms with Gasteiger partial charge in [0.25, 0.3) is 5.91 Å². The second-order valence-corrected chi connectivity index (χ2v) is 4.83. The lowest BCUT2D eigenvalue weighted by atomic mass is 10.1. The second kappa shape index (κ2) is 6.21. The molecule has 1 heterocycles. The van der Waals surface area contributed by atoms with E-state index >= 15 is 0 Å². The first kappa shape index (κ1) is 14.8. The summed E-state index contributed by atoms with van der Waals surface area (Å²) in [7, 11) is 1.77. The molecule has 0 aliphatic heterocycles. The summed E-state index contributed by atoms with van der Waals surface area (Å²) in [6, 6.07) is 9.33. The van der Waals surface area contributed by atoms with Crippen molar-refractivity contribution < 1.29 is 9.59 Å². The summed E-state index contributed by atoms with van der Waals surface area (Å²) in [5, 5.41) is 4.17. The third-order valence-electron chi connectivity index (χ3n) is 3.26. The number of carbonyl (C=O) groups is 2. The van der Waals surface area contributed by atoms with E-state index in [0.29, 0.717) is 11.3 Å². The van der Waals surface area contributed by atoms with Gasteiger partial charge in [0.05, 0.1) is 17.7 Å². The molecule has 0 bridgehead atoms. The summed E-state index contributed by atoms with van der Waals surface area (Å²) in [5.41, 5.74) is 7.59. The molecule has 2 N–H and O–H groups in total. The van der Waals surface area contributed by atoms with Crippen molar-refractivity contribution in [1.82, 2.24) is 20.6 Å². The molecule has 110 valence electrons. The molecule has 6 nitrogen and oxygen atoms in total. The average Bonchev–Trinajstić information content (AvgIpc) is 2.71. The van der Waals surface area contributed by atoms with E-state index in [1.165, 1.54) is 0 Å². The maximum atomic E-state index is 12.1. The number of hydrogen-bond donors (Lipinski definition) is 2. The van der Waals surface area contributed by atoms with Crippen molar-refractivity contribution in [2.75, 3.05) is 0 Å². The van der Waals surface area contributed by atoms with Gasteiger partial charge in [0.15, 0.2) is 0 Å². The molecule has 1 aromatic heterocycles. The zero-order valence-electron chi connectivity index (χ0n) is 12.3. The number of carbonyl (C=O) groups excluding carboxylic acids is 2. The predicted octanol–water partition coefficient (Wildman–Crippen LogP) is 1.04. The molecule has 0 aliphatic rings. The number of nitrogens with one attached hydrogen (secondary N) is 2. The highest BCUT2D eigenvalue weighted by Gasteiger charge is 2.17. The Morgan fingerprint density at radius 1 is 1.14 bits per heavy atom. The van der Waals surface area contributed by atoms with Crippen LogP contribution in [0.1, 0.15) is 27.3 Å². The molecule has 21 heavy (non-hydrogen) atoms. The van der Waals surface area contributed by atoms with Crippen molar-refractivity contribution in [3.63, 3.8) is 0 Å². The van der Waals surface area contributed by atoms with Gasteiger partial charge in [-0.25, -0.2) is 0 Å². The Kier molecular flexibility index (Phi) is 4.37. The van der Waals surface area contributed by atoms with Crippen LogP contribution in [-0.4, -0.2) is 21.6 Å². The number of hydrogen-bond acceptors (Lipinski definition) is 3. The monoisotopic (exact) mass is 286 g/mol. The molecule has 6 heteroatoms. The van der Waals surface area contributed by atoms with Gasteiger partial charge < -0.3 is 0 Å². The second-order valence-electron chi connectivity index (χ2n) is 4.83. The van der Waals surface area contributed by atoms with Gasteiger partial charge in [0.2, 0.25) is 5.91 Å². The fourth-order valence-corrected chi connectivity index (χ4v) is 2.12. The average molecular weight is 286 g/mol. The van der Waals surface area contributed by atoms with E-state index in [-0.39, 0.29) is 18.2 Å². The first-order valence-corrected chi connectivity index (χ1v) is 6.62. The van der Waals surface area contributed by atoms with E-state index in [2.05, 4.69) is 16.0 Å². The van der Waals surface area contributed by atoms with E-state index in [1.54, 1.807) is 25.6 Å². The maximum absolute atomic E-state index is 12.1. The summed E-state index contributed by atoms with van der Waals surface area (Å²) >= 11 is 0. The Balaban J connectivity index is 1.93. The minimum Gasteiger partial charge on any atom is -0.273 e. The standard InChI is InChI=1S/C15H18N4O2/c1-10-14(11(2)19(3)18-10)15(21)17-16-13(20)9-12-7-5-4-6-8-12/h4-8H,9H2,1-3H3,(H,16,20)(H,17,21). The lowest BCUT2D eigenvalue weighted by Crippen LogP contribution is -2.42.